The van der Waals surface area contributed by atoms with Crippen LogP contribution in [0.1, 0.15) is 29.6 Å². The largest absolute Gasteiger partial charge is 0.363 e. The quantitative estimate of drug-likeness (QED) is 0.878. The maximum Gasteiger partial charge on any atom is 0.255 e. The predicted molar refractivity (Wildman–Crippen MR) is 79.0 cm³/mol. The van der Waals surface area contributed by atoms with E-state index in [2.05, 4.69) is 10.3 Å². The lowest BCUT2D eigenvalue weighted by Gasteiger charge is -2.24. The van der Waals surface area contributed by atoms with Crippen LogP contribution in [0.5, 0.6) is 0 Å². The number of fused-ring (bicyclic) bond motifs is 2. The Morgan fingerprint density at radius 1 is 1.30 bits per heavy atom. The van der Waals surface area contributed by atoms with E-state index in [1.54, 1.807) is 6.20 Å². The van der Waals surface area contributed by atoms with E-state index in [0.29, 0.717) is 17.6 Å². The maximum atomic E-state index is 12.6. The van der Waals surface area contributed by atoms with Crippen LogP contribution in [0.3, 0.4) is 0 Å². The van der Waals surface area contributed by atoms with Crippen molar-refractivity contribution in [3.05, 3.63) is 23.9 Å². The van der Waals surface area contributed by atoms with Crippen molar-refractivity contribution in [2.24, 2.45) is 0 Å². The molecule has 5 nitrogen and oxygen atoms in total. The van der Waals surface area contributed by atoms with E-state index in [9.17, 15) is 4.79 Å². The van der Waals surface area contributed by atoms with Crippen molar-refractivity contribution in [3.63, 3.8) is 0 Å². The van der Waals surface area contributed by atoms with Crippen LogP contribution < -0.4 is 10.2 Å². The predicted octanol–water partition coefficient (Wildman–Crippen LogP) is 1.11. The molecule has 0 aromatic carbocycles. The lowest BCUT2D eigenvalue weighted by atomic mass is 10.1. The lowest BCUT2D eigenvalue weighted by Crippen LogP contribution is -2.39. The second-order valence-corrected chi connectivity index (χ2v) is 5.98. The average molecular weight is 274 g/mol. The third kappa shape index (κ3) is 2.63. The fraction of sp³-hybridized carbons (Fsp3) is 0.600. The number of anilines is 1. The molecular formula is C15H22N4O. The van der Waals surface area contributed by atoms with Gasteiger partial charge in [0.05, 0.1) is 5.56 Å². The molecule has 1 N–H and O–H groups in total. The number of carbonyl (C=O) groups excluding carboxylic acids is 1. The van der Waals surface area contributed by atoms with Crippen LogP contribution in [0.15, 0.2) is 18.3 Å². The number of hydrogen-bond acceptors (Lipinski definition) is 4. The van der Waals surface area contributed by atoms with E-state index in [-0.39, 0.29) is 5.91 Å². The van der Waals surface area contributed by atoms with Crippen LogP contribution in [0.2, 0.25) is 0 Å². The number of carbonyl (C=O) groups is 1. The summed E-state index contributed by atoms with van der Waals surface area (Å²) in [6.45, 7) is 1.67. The molecule has 1 aromatic heterocycles. The van der Waals surface area contributed by atoms with Crippen molar-refractivity contribution in [1.82, 2.24) is 15.2 Å². The number of rotatable bonds is 2. The zero-order valence-electron chi connectivity index (χ0n) is 12.2. The standard InChI is InChI=1S/C15H22N4O/c1-18(2)14-6-3-11(9-16-14)15(20)19-8-7-12-4-5-13(10-19)17-12/h3,6,9,12-13,17H,4-5,7-8,10H2,1-2H3. The van der Waals surface area contributed by atoms with Gasteiger partial charge in [-0.25, -0.2) is 4.98 Å². The summed E-state index contributed by atoms with van der Waals surface area (Å²) in [7, 11) is 3.89. The molecule has 0 aliphatic carbocycles. The number of amides is 1. The van der Waals surface area contributed by atoms with Crippen molar-refractivity contribution < 1.29 is 4.79 Å². The van der Waals surface area contributed by atoms with Gasteiger partial charge in [0.1, 0.15) is 5.82 Å². The van der Waals surface area contributed by atoms with Crippen molar-refractivity contribution in [1.29, 1.82) is 0 Å². The highest BCUT2D eigenvalue weighted by molar-refractivity contribution is 5.94. The van der Waals surface area contributed by atoms with Gasteiger partial charge in [0, 0.05) is 45.5 Å². The number of aromatic nitrogens is 1. The first kappa shape index (κ1) is 13.4. The molecule has 0 saturated carbocycles. The Balaban J connectivity index is 1.71. The van der Waals surface area contributed by atoms with Crippen LogP contribution in [0.25, 0.3) is 0 Å². The average Bonchev–Trinajstić information content (AvgIpc) is 2.78. The minimum Gasteiger partial charge on any atom is -0.363 e. The highest BCUT2D eigenvalue weighted by Crippen LogP contribution is 2.21. The third-order valence-electron chi connectivity index (χ3n) is 4.26. The number of nitrogens with one attached hydrogen (secondary N) is 1. The van der Waals surface area contributed by atoms with Gasteiger partial charge in [-0.15, -0.1) is 0 Å². The lowest BCUT2D eigenvalue weighted by molar-refractivity contribution is 0.0748. The molecule has 20 heavy (non-hydrogen) atoms. The van der Waals surface area contributed by atoms with Gasteiger partial charge < -0.3 is 15.1 Å². The molecule has 2 bridgehead atoms. The van der Waals surface area contributed by atoms with E-state index in [4.69, 9.17) is 0 Å². The van der Waals surface area contributed by atoms with Gasteiger partial charge >= 0.3 is 0 Å². The summed E-state index contributed by atoms with van der Waals surface area (Å²) < 4.78 is 0. The summed E-state index contributed by atoms with van der Waals surface area (Å²) in [4.78, 5) is 20.8. The molecule has 2 atom stereocenters. The van der Waals surface area contributed by atoms with Crippen LogP contribution in [-0.2, 0) is 0 Å². The Bertz CT molecular complexity index is 485. The van der Waals surface area contributed by atoms with E-state index in [1.165, 1.54) is 12.8 Å². The zero-order chi connectivity index (χ0) is 14.1. The van der Waals surface area contributed by atoms with Gasteiger partial charge in [-0.3, -0.25) is 4.79 Å². The first-order valence-electron chi connectivity index (χ1n) is 7.32. The summed E-state index contributed by atoms with van der Waals surface area (Å²) in [6.07, 6.45) is 5.19. The highest BCUT2D eigenvalue weighted by Gasteiger charge is 2.31. The van der Waals surface area contributed by atoms with Crippen molar-refractivity contribution in [2.75, 3.05) is 32.1 Å². The first-order valence-corrected chi connectivity index (χ1v) is 7.32. The molecule has 2 aliphatic rings. The van der Waals surface area contributed by atoms with Gasteiger partial charge in [0.2, 0.25) is 0 Å². The Kier molecular flexibility index (Phi) is 3.61. The number of likely N-dealkylation sites (tertiary alicyclic amines) is 1. The second-order valence-electron chi connectivity index (χ2n) is 5.98. The molecule has 2 unspecified atom stereocenters. The van der Waals surface area contributed by atoms with Crippen molar-refractivity contribution in [3.8, 4) is 0 Å². The number of pyridine rings is 1. The molecule has 0 radical (unpaired) electrons. The molecule has 1 amide bonds. The van der Waals surface area contributed by atoms with Crippen LogP contribution in [-0.4, -0.2) is 55.1 Å². The topological polar surface area (TPSA) is 48.5 Å². The molecule has 1 aromatic rings. The molecule has 3 rings (SSSR count). The van der Waals surface area contributed by atoms with Gasteiger partial charge in [-0.2, -0.15) is 0 Å². The van der Waals surface area contributed by atoms with Crippen molar-refractivity contribution in [2.45, 2.75) is 31.3 Å². The molecular weight excluding hydrogens is 252 g/mol. The summed E-state index contributed by atoms with van der Waals surface area (Å²) in [6, 6.07) is 4.85. The minimum atomic E-state index is 0.108. The fourth-order valence-electron chi connectivity index (χ4n) is 3.09. The van der Waals surface area contributed by atoms with E-state index < -0.39 is 0 Å². The van der Waals surface area contributed by atoms with Gasteiger partial charge in [-0.1, -0.05) is 0 Å². The van der Waals surface area contributed by atoms with Crippen LogP contribution in [0, 0.1) is 0 Å². The van der Waals surface area contributed by atoms with Gasteiger partial charge in [0.25, 0.3) is 5.91 Å². The summed E-state index contributed by atoms with van der Waals surface area (Å²) in [5, 5.41) is 3.60. The fourth-order valence-corrected chi connectivity index (χ4v) is 3.09. The van der Waals surface area contributed by atoms with Crippen LogP contribution in [0.4, 0.5) is 5.82 Å². The molecule has 0 spiro atoms. The Hall–Kier alpha value is -1.62. The third-order valence-corrected chi connectivity index (χ3v) is 4.26. The first-order chi connectivity index (χ1) is 9.63. The van der Waals surface area contributed by atoms with Crippen LogP contribution >= 0.6 is 0 Å². The summed E-state index contributed by atoms with van der Waals surface area (Å²) >= 11 is 0. The number of nitrogens with zero attached hydrogens (tertiary/aromatic N) is 3. The maximum absolute atomic E-state index is 12.6. The summed E-state index contributed by atoms with van der Waals surface area (Å²) in [5.74, 6) is 0.982. The Labute approximate surface area is 120 Å². The molecule has 2 saturated heterocycles. The van der Waals surface area contributed by atoms with E-state index in [0.717, 1.165) is 25.3 Å². The van der Waals surface area contributed by atoms with E-state index in [1.807, 2.05) is 36.0 Å². The molecule has 3 heterocycles. The molecule has 108 valence electrons. The smallest absolute Gasteiger partial charge is 0.255 e. The summed E-state index contributed by atoms with van der Waals surface area (Å²) in [5.41, 5.74) is 0.688. The molecule has 5 heteroatoms. The normalized spacial score (nSPS) is 25.4. The minimum absolute atomic E-state index is 0.108. The highest BCUT2D eigenvalue weighted by atomic mass is 16.2. The van der Waals surface area contributed by atoms with Gasteiger partial charge in [0.15, 0.2) is 0 Å². The van der Waals surface area contributed by atoms with Gasteiger partial charge in [-0.05, 0) is 31.4 Å². The number of hydrogen-bond donors (Lipinski definition) is 1. The zero-order valence-corrected chi connectivity index (χ0v) is 12.2. The molecule has 2 aliphatic heterocycles. The van der Waals surface area contributed by atoms with E-state index >= 15 is 0 Å². The Morgan fingerprint density at radius 2 is 2.10 bits per heavy atom. The SMILES string of the molecule is CN(C)c1ccc(C(=O)N2CCC3CCC(C2)N3)cn1. The van der Waals surface area contributed by atoms with Crippen molar-refractivity contribution >= 4 is 11.7 Å². The molecule has 2 fully saturated rings. The second kappa shape index (κ2) is 5.40. The monoisotopic (exact) mass is 274 g/mol. The Morgan fingerprint density at radius 3 is 2.80 bits per heavy atom.